The molecular formula is C19H18N4O2S3. The van der Waals surface area contributed by atoms with Crippen molar-refractivity contribution in [2.24, 2.45) is 0 Å². The van der Waals surface area contributed by atoms with Gasteiger partial charge in [-0.3, -0.25) is 0 Å². The quantitative estimate of drug-likeness (QED) is 0.481. The van der Waals surface area contributed by atoms with Gasteiger partial charge in [-0.25, -0.2) is 17.7 Å². The van der Waals surface area contributed by atoms with E-state index in [9.17, 15) is 8.42 Å². The Kier molecular flexibility index (Phi) is 5.40. The van der Waals surface area contributed by atoms with E-state index in [1.807, 2.05) is 54.1 Å². The molecule has 28 heavy (non-hydrogen) atoms. The summed E-state index contributed by atoms with van der Waals surface area (Å²) in [5.41, 5.74) is 2.91. The van der Waals surface area contributed by atoms with Crippen molar-refractivity contribution in [3.63, 3.8) is 0 Å². The molecule has 6 nitrogen and oxygen atoms in total. The van der Waals surface area contributed by atoms with Crippen LogP contribution in [0.3, 0.4) is 0 Å². The molecule has 0 radical (unpaired) electrons. The normalized spacial score (nSPS) is 12.3. The van der Waals surface area contributed by atoms with E-state index in [-0.39, 0.29) is 0 Å². The molecule has 0 unspecified atom stereocenters. The zero-order valence-corrected chi connectivity index (χ0v) is 17.5. The first-order valence-electron chi connectivity index (χ1n) is 8.62. The Balaban J connectivity index is 1.39. The molecule has 3 heterocycles. The molecule has 0 aliphatic carbocycles. The maximum atomic E-state index is 12.2. The maximum Gasteiger partial charge on any atom is 0.233 e. The van der Waals surface area contributed by atoms with Crippen molar-refractivity contribution in [3.8, 4) is 10.7 Å². The average molecular weight is 431 g/mol. The minimum absolute atomic E-state index is 0.292. The van der Waals surface area contributed by atoms with E-state index in [4.69, 9.17) is 0 Å². The number of aromatic nitrogens is 3. The summed E-state index contributed by atoms with van der Waals surface area (Å²) < 4.78 is 28.8. The van der Waals surface area contributed by atoms with Gasteiger partial charge in [-0.2, -0.15) is 4.98 Å². The summed E-state index contributed by atoms with van der Waals surface area (Å²) in [6.45, 7) is 2.28. The number of hydrogen-bond donors (Lipinski definition) is 1. The lowest BCUT2D eigenvalue weighted by atomic mass is 10.2. The van der Waals surface area contributed by atoms with E-state index in [2.05, 4.69) is 14.8 Å². The number of thiophene rings is 1. The van der Waals surface area contributed by atoms with Crippen LogP contribution < -0.4 is 4.72 Å². The van der Waals surface area contributed by atoms with Gasteiger partial charge in [0.05, 0.1) is 10.6 Å². The highest BCUT2D eigenvalue weighted by Gasteiger charge is 2.13. The Labute approximate surface area is 171 Å². The van der Waals surface area contributed by atoms with Crippen molar-refractivity contribution in [2.75, 3.05) is 6.54 Å². The molecule has 0 aliphatic rings. The average Bonchev–Trinajstić information content (AvgIpc) is 3.39. The summed E-state index contributed by atoms with van der Waals surface area (Å²) in [4.78, 5) is 6.36. The van der Waals surface area contributed by atoms with Gasteiger partial charge in [-0.15, -0.1) is 27.8 Å². The number of fused-ring (bicyclic) bond motifs is 1. The fourth-order valence-electron chi connectivity index (χ4n) is 2.62. The molecule has 9 heteroatoms. The van der Waals surface area contributed by atoms with Crippen LogP contribution in [0.15, 0.2) is 52.6 Å². The van der Waals surface area contributed by atoms with Gasteiger partial charge in [0.15, 0.2) is 5.82 Å². The van der Waals surface area contributed by atoms with Gasteiger partial charge in [0.25, 0.3) is 0 Å². The van der Waals surface area contributed by atoms with Crippen molar-refractivity contribution in [3.05, 3.63) is 69.4 Å². The molecule has 0 aliphatic heterocycles. The van der Waals surface area contributed by atoms with Crippen LogP contribution in [-0.4, -0.2) is 29.6 Å². The number of rotatable bonds is 7. The monoisotopic (exact) mass is 430 g/mol. The zero-order valence-electron chi connectivity index (χ0n) is 15.1. The minimum atomic E-state index is -3.50. The summed E-state index contributed by atoms with van der Waals surface area (Å²) in [6, 6.07) is 11.6. The van der Waals surface area contributed by atoms with Crippen LogP contribution in [-0.2, 0) is 16.4 Å². The molecular weight excluding hydrogens is 412 g/mol. The maximum absolute atomic E-state index is 12.2. The number of nitrogens with one attached hydrogen (secondary N) is 1. The van der Waals surface area contributed by atoms with E-state index < -0.39 is 10.0 Å². The Hall–Kier alpha value is -2.33. The largest absolute Gasteiger partial charge is 0.233 e. The molecule has 4 aromatic rings. The van der Waals surface area contributed by atoms with Crippen LogP contribution in [0.5, 0.6) is 0 Å². The van der Waals surface area contributed by atoms with Crippen LogP contribution in [0, 0.1) is 6.92 Å². The number of benzene rings is 1. The summed E-state index contributed by atoms with van der Waals surface area (Å²) in [7, 11) is -3.50. The van der Waals surface area contributed by atoms with Crippen molar-refractivity contribution in [1.29, 1.82) is 0 Å². The molecule has 0 bridgehead atoms. The first-order valence-corrected chi connectivity index (χ1v) is 11.9. The molecule has 0 fully saturated rings. The summed E-state index contributed by atoms with van der Waals surface area (Å²) in [5.74, 6) is 0.699. The van der Waals surface area contributed by atoms with Gasteiger partial charge in [-0.1, -0.05) is 35.9 Å². The van der Waals surface area contributed by atoms with Crippen LogP contribution in [0.4, 0.5) is 0 Å². The summed E-state index contributed by atoms with van der Waals surface area (Å²) in [6.07, 6.45) is 2.13. The van der Waals surface area contributed by atoms with E-state index in [0.29, 0.717) is 18.8 Å². The van der Waals surface area contributed by atoms with Crippen LogP contribution >= 0.6 is 22.7 Å². The highest BCUT2D eigenvalue weighted by Crippen LogP contribution is 2.24. The number of sulfonamides is 1. The lowest BCUT2D eigenvalue weighted by molar-refractivity contribution is 0.590. The highest BCUT2D eigenvalue weighted by molar-refractivity contribution is 7.92. The minimum Gasteiger partial charge on any atom is -0.211 e. The lowest BCUT2D eigenvalue weighted by Gasteiger charge is -2.02. The third-order valence-electron chi connectivity index (χ3n) is 4.09. The van der Waals surface area contributed by atoms with E-state index in [1.54, 1.807) is 21.9 Å². The Morgan fingerprint density at radius 2 is 2.00 bits per heavy atom. The summed E-state index contributed by atoms with van der Waals surface area (Å²) >= 11 is 3.09. The molecule has 1 N–H and O–H groups in total. The lowest BCUT2D eigenvalue weighted by Crippen LogP contribution is -2.24. The standard InChI is InChI=1S/C19H18N4O2S3/c1-14-4-6-15(7-5-14)9-12-28(24,25)20-10-8-16-13-27-19-21-18(22-23(16)19)17-3-2-11-26-17/h2-7,9,11-13,20H,8,10H2,1H3. The van der Waals surface area contributed by atoms with E-state index in [0.717, 1.165) is 26.7 Å². The zero-order chi connectivity index (χ0) is 19.6. The second kappa shape index (κ2) is 7.96. The van der Waals surface area contributed by atoms with Crippen molar-refractivity contribution in [1.82, 2.24) is 19.3 Å². The van der Waals surface area contributed by atoms with Gasteiger partial charge < -0.3 is 0 Å². The Morgan fingerprint density at radius 3 is 2.75 bits per heavy atom. The molecule has 0 atom stereocenters. The fourth-order valence-corrected chi connectivity index (χ4v) is 4.95. The third kappa shape index (κ3) is 4.39. The number of aryl methyl sites for hydroxylation is 1. The molecule has 0 saturated carbocycles. The third-order valence-corrected chi connectivity index (χ3v) is 6.92. The second-order valence-electron chi connectivity index (χ2n) is 6.24. The molecule has 3 aromatic heterocycles. The molecule has 1 aromatic carbocycles. The number of nitrogens with zero attached hydrogens (tertiary/aromatic N) is 3. The van der Waals surface area contributed by atoms with Crippen LogP contribution in [0.25, 0.3) is 21.7 Å². The van der Waals surface area contributed by atoms with Gasteiger partial charge in [0.2, 0.25) is 15.0 Å². The van der Waals surface area contributed by atoms with Crippen molar-refractivity contribution < 1.29 is 8.42 Å². The van der Waals surface area contributed by atoms with Gasteiger partial charge in [0.1, 0.15) is 0 Å². The first kappa shape index (κ1) is 19.0. The highest BCUT2D eigenvalue weighted by atomic mass is 32.2. The number of thiazole rings is 1. The van der Waals surface area contributed by atoms with Crippen LogP contribution in [0.2, 0.25) is 0 Å². The van der Waals surface area contributed by atoms with E-state index in [1.165, 1.54) is 16.7 Å². The number of hydrogen-bond acceptors (Lipinski definition) is 6. The second-order valence-corrected chi connectivity index (χ2v) is 9.67. The summed E-state index contributed by atoms with van der Waals surface area (Å²) in [5, 5.41) is 9.70. The molecule has 0 spiro atoms. The molecule has 4 rings (SSSR count). The fraction of sp³-hybridized carbons (Fsp3) is 0.158. The van der Waals surface area contributed by atoms with Crippen molar-refractivity contribution in [2.45, 2.75) is 13.3 Å². The Bertz CT molecular complexity index is 1200. The molecule has 0 amide bonds. The van der Waals surface area contributed by atoms with Gasteiger partial charge in [0, 0.05) is 23.8 Å². The SMILES string of the molecule is Cc1ccc(C=CS(=O)(=O)NCCc2csc3nc(-c4cccs4)nn23)cc1. The van der Waals surface area contributed by atoms with Gasteiger partial charge in [-0.05, 0) is 30.0 Å². The molecule has 144 valence electrons. The molecule has 0 saturated heterocycles. The predicted octanol–water partition coefficient (Wildman–Crippen LogP) is 3.96. The smallest absolute Gasteiger partial charge is 0.211 e. The van der Waals surface area contributed by atoms with Crippen LogP contribution in [0.1, 0.15) is 16.8 Å². The van der Waals surface area contributed by atoms with Crippen molar-refractivity contribution >= 4 is 43.7 Å². The topological polar surface area (TPSA) is 76.4 Å². The Morgan fingerprint density at radius 1 is 1.18 bits per heavy atom. The van der Waals surface area contributed by atoms with Gasteiger partial charge >= 0.3 is 0 Å². The first-order chi connectivity index (χ1) is 13.5. The predicted molar refractivity (Wildman–Crippen MR) is 115 cm³/mol. The van der Waals surface area contributed by atoms with E-state index >= 15 is 0 Å².